The van der Waals surface area contributed by atoms with Crippen molar-refractivity contribution >= 4 is 39.7 Å². The van der Waals surface area contributed by atoms with Crippen molar-refractivity contribution in [1.29, 1.82) is 0 Å². The predicted octanol–water partition coefficient (Wildman–Crippen LogP) is 3.85. The van der Waals surface area contributed by atoms with Gasteiger partial charge in [0.05, 0.1) is 5.69 Å². The highest BCUT2D eigenvalue weighted by atomic mass is 35.5. The van der Waals surface area contributed by atoms with Gasteiger partial charge in [0.25, 0.3) is 0 Å². The lowest BCUT2D eigenvalue weighted by molar-refractivity contribution is -0.116. The highest BCUT2D eigenvalue weighted by Gasteiger charge is 2.14. The number of nitrogens with zero attached hydrogens (tertiary/aromatic N) is 1. The molecule has 0 fully saturated rings. The molecule has 0 aliphatic rings. The van der Waals surface area contributed by atoms with Crippen LogP contribution in [0.25, 0.3) is 0 Å². The van der Waals surface area contributed by atoms with E-state index < -0.39 is 0 Å². The van der Waals surface area contributed by atoms with E-state index in [0.717, 1.165) is 16.9 Å². The zero-order valence-corrected chi connectivity index (χ0v) is 13.1. The number of nitrogens with one attached hydrogen (secondary N) is 2. The predicted molar refractivity (Wildman–Crippen MR) is 84.8 cm³/mol. The number of aryl methyl sites for hydroxylation is 2. The summed E-state index contributed by atoms with van der Waals surface area (Å²) in [5.41, 5.74) is 2.72. The number of anilines is 2. The van der Waals surface area contributed by atoms with Crippen LogP contribution < -0.4 is 10.6 Å². The molecule has 0 spiro atoms. The zero-order chi connectivity index (χ0) is 14.7. The molecule has 0 saturated carbocycles. The van der Waals surface area contributed by atoms with E-state index >= 15 is 0 Å². The SMILES string of the molecule is Cc1csc(NC(=O)[C@@H](C)Nc2ccc(C)c(Cl)c2)n1. The van der Waals surface area contributed by atoms with E-state index in [9.17, 15) is 4.79 Å². The molecule has 0 aliphatic carbocycles. The molecule has 20 heavy (non-hydrogen) atoms. The van der Waals surface area contributed by atoms with Crippen molar-refractivity contribution < 1.29 is 4.79 Å². The second kappa shape index (κ2) is 6.24. The van der Waals surface area contributed by atoms with Gasteiger partial charge in [-0.25, -0.2) is 4.98 Å². The maximum Gasteiger partial charge on any atom is 0.248 e. The Kier molecular flexibility index (Phi) is 4.62. The van der Waals surface area contributed by atoms with Crippen LogP contribution in [0.1, 0.15) is 18.2 Å². The van der Waals surface area contributed by atoms with Crippen molar-refractivity contribution in [2.75, 3.05) is 10.6 Å². The second-order valence-corrected chi connectivity index (χ2v) is 5.88. The third-order valence-corrected chi connectivity index (χ3v) is 4.08. The molecular weight excluding hydrogens is 294 g/mol. The molecular formula is C14H16ClN3OS. The van der Waals surface area contributed by atoms with Crippen molar-refractivity contribution in [2.24, 2.45) is 0 Å². The van der Waals surface area contributed by atoms with E-state index in [1.54, 1.807) is 6.92 Å². The largest absolute Gasteiger partial charge is 0.374 e. The fourth-order valence-corrected chi connectivity index (χ4v) is 2.49. The average molecular weight is 310 g/mol. The van der Waals surface area contributed by atoms with Crippen LogP contribution in [0.3, 0.4) is 0 Å². The monoisotopic (exact) mass is 309 g/mol. The van der Waals surface area contributed by atoms with Crippen LogP contribution in [0, 0.1) is 13.8 Å². The molecule has 0 bridgehead atoms. The highest BCUT2D eigenvalue weighted by molar-refractivity contribution is 7.13. The Morgan fingerprint density at radius 3 is 2.75 bits per heavy atom. The summed E-state index contributed by atoms with van der Waals surface area (Å²) in [4.78, 5) is 16.2. The Balaban J connectivity index is 1.98. The van der Waals surface area contributed by atoms with E-state index in [1.165, 1.54) is 11.3 Å². The van der Waals surface area contributed by atoms with Crippen LogP contribution in [0.5, 0.6) is 0 Å². The van der Waals surface area contributed by atoms with E-state index in [1.807, 2.05) is 37.4 Å². The minimum atomic E-state index is -0.377. The van der Waals surface area contributed by atoms with Crippen LogP contribution in [-0.4, -0.2) is 16.9 Å². The topological polar surface area (TPSA) is 54.0 Å². The molecule has 2 rings (SSSR count). The minimum absolute atomic E-state index is 0.129. The number of rotatable bonds is 4. The molecule has 0 aliphatic heterocycles. The zero-order valence-electron chi connectivity index (χ0n) is 11.5. The summed E-state index contributed by atoms with van der Waals surface area (Å²) in [6, 6.07) is 5.25. The summed E-state index contributed by atoms with van der Waals surface area (Å²) in [7, 11) is 0. The number of thiazole rings is 1. The molecule has 1 heterocycles. The van der Waals surface area contributed by atoms with Crippen molar-refractivity contribution in [2.45, 2.75) is 26.8 Å². The number of amides is 1. The minimum Gasteiger partial charge on any atom is -0.374 e. The molecule has 106 valence electrons. The second-order valence-electron chi connectivity index (χ2n) is 4.61. The third-order valence-electron chi connectivity index (χ3n) is 2.80. The standard InChI is InChI=1S/C14H16ClN3OS/c1-8-4-5-11(6-12(8)15)17-10(3)13(19)18-14-16-9(2)7-20-14/h4-7,10,17H,1-3H3,(H,16,18,19)/t10-/m1/s1. The molecule has 0 radical (unpaired) electrons. The molecule has 1 aromatic carbocycles. The Bertz CT molecular complexity index is 627. The third kappa shape index (κ3) is 3.71. The maximum atomic E-state index is 12.0. The number of carbonyl (C=O) groups excluding carboxylic acids is 1. The summed E-state index contributed by atoms with van der Waals surface area (Å²) in [6.45, 7) is 5.62. The lowest BCUT2D eigenvalue weighted by Crippen LogP contribution is -2.31. The summed E-state index contributed by atoms with van der Waals surface area (Å²) >= 11 is 7.47. The Morgan fingerprint density at radius 1 is 1.40 bits per heavy atom. The number of aromatic nitrogens is 1. The van der Waals surface area contributed by atoms with Crippen molar-refractivity contribution in [3.05, 3.63) is 39.9 Å². The first-order valence-electron chi connectivity index (χ1n) is 6.21. The molecule has 0 unspecified atom stereocenters. The van der Waals surface area contributed by atoms with Gasteiger partial charge in [0.2, 0.25) is 5.91 Å². The van der Waals surface area contributed by atoms with Gasteiger partial charge in [-0.2, -0.15) is 0 Å². The quantitative estimate of drug-likeness (QED) is 0.902. The molecule has 1 atom stereocenters. The van der Waals surface area contributed by atoms with E-state index in [4.69, 9.17) is 11.6 Å². The van der Waals surface area contributed by atoms with Crippen LogP contribution in [0.15, 0.2) is 23.6 Å². The molecule has 2 N–H and O–H groups in total. The fraction of sp³-hybridized carbons (Fsp3) is 0.286. The summed E-state index contributed by atoms with van der Waals surface area (Å²) in [6.07, 6.45) is 0. The van der Waals surface area contributed by atoms with Gasteiger partial charge >= 0.3 is 0 Å². The van der Waals surface area contributed by atoms with Crippen LogP contribution in [-0.2, 0) is 4.79 Å². The molecule has 2 aromatic rings. The molecule has 6 heteroatoms. The van der Waals surface area contributed by atoms with Gasteiger partial charge in [0.15, 0.2) is 5.13 Å². The Hall–Kier alpha value is -1.59. The fourth-order valence-electron chi connectivity index (χ4n) is 1.62. The van der Waals surface area contributed by atoms with E-state index in [2.05, 4.69) is 15.6 Å². The number of halogens is 1. The number of hydrogen-bond donors (Lipinski definition) is 2. The van der Waals surface area contributed by atoms with Crippen LogP contribution in [0.2, 0.25) is 5.02 Å². The maximum absolute atomic E-state index is 12.0. The smallest absolute Gasteiger partial charge is 0.248 e. The lowest BCUT2D eigenvalue weighted by Gasteiger charge is -2.14. The average Bonchev–Trinajstić information content (AvgIpc) is 2.79. The summed E-state index contributed by atoms with van der Waals surface area (Å²) < 4.78 is 0. The Labute approximate surface area is 127 Å². The summed E-state index contributed by atoms with van der Waals surface area (Å²) in [5, 5.41) is 9.09. The van der Waals surface area contributed by atoms with Gasteiger partial charge in [-0.05, 0) is 38.5 Å². The van der Waals surface area contributed by atoms with Crippen LogP contribution in [0.4, 0.5) is 10.8 Å². The first-order chi connectivity index (χ1) is 9.45. The first kappa shape index (κ1) is 14.8. The lowest BCUT2D eigenvalue weighted by atomic mass is 10.2. The summed E-state index contributed by atoms with van der Waals surface area (Å²) in [5.74, 6) is -0.129. The van der Waals surface area contributed by atoms with Crippen molar-refractivity contribution in [3.63, 3.8) is 0 Å². The van der Waals surface area contributed by atoms with Gasteiger partial charge in [-0.3, -0.25) is 4.79 Å². The van der Waals surface area contributed by atoms with Gasteiger partial charge in [-0.15, -0.1) is 11.3 Å². The Morgan fingerprint density at radius 2 is 2.15 bits per heavy atom. The van der Waals surface area contributed by atoms with Crippen LogP contribution >= 0.6 is 22.9 Å². The normalized spacial score (nSPS) is 12.0. The number of benzene rings is 1. The van der Waals surface area contributed by atoms with Gasteiger partial charge in [0.1, 0.15) is 6.04 Å². The molecule has 1 aromatic heterocycles. The first-order valence-corrected chi connectivity index (χ1v) is 7.47. The number of hydrogen-bond acceptors (Lipinski definition) is 4. The van der Waals surface area contributed by atoms with Gasteiger partial charge in [0, 0.05) is 16.1 Å². The molecule has 0 saturated heterocycles. The highest BCUT2D eigenvalue weighted by Crippen LogP contribution is 2.21. The van der Waals surface area contributed by atoms with Gasteiger partial charge in [-0.1, -0.05) is 17.7 Å². The van der Waals surface area contributed by atoms with E-state index in [0.29, 0.717) is 10.2 Å². The van der Waals surface area contributed by atoms with Crippen molar-refractivity contribution in [3.8, 4) is 0 Å². The molecule has 4 nitrogen and oxygen atoms in total. The molecule has 1 amide bonds. The van der Waals surface area contributed by atoms with Crippen molar-refractivity contribution in [1.82, 2.24) is 4.98 Å². The van der Waals surface area contributed by atoms with Gasteiger partial charge < -0.3 is 10.6 Å². The number of carbonyl (C=O) groups is 1. The van der Waals surface area contributed by atoms with E-state index in [-0.39, 0.29) is 11.9 Å².